The SMILES string of the molecule is CN1CCC(O)(CN(C(=O)c2cccnc2Cl)C2CCCCC2)CC1. The minimum Gasteiger partial charge on any atom is -0.388 e. The zero-order valence-electron chi connectivity index (χ0n) is 15.0. The first kappa shape index (κ1) is 18.6. The van der Waals surface area contributed by atoms with Crippen molar-refractivity contribution in [1.29, 1.82) is 0 Å². The smallest absolute Gasteiger partial charge is 0.257 e. The predicted molar refractivity (Wildman–Crippen MR) is 98.8 cm³/mol. The van der Waals surface area contributed by atoms with Gasteiger partial charge in [0.25, 0.3) is 5.91 Å². The van der Waals surface area contributed by atoms with Crippen LogP contribution in [0.4, 0.5) is 0 Å². The molecule has 1 amide bonds. The molecule has 0 unspecified atom stereocenters. The molecule has 1 N–H and O–H groups in total. The molecule has 1 aromatic heterocycles. The fourth-order valence-electron chi connectivity index (χ4n) is 3.97. The minimum atomic E-state index is -0.811. The number of amides is 1. The van der Waals surface area contributed by atoms with Crippen molar-refractivity contribution in [1.82, 2.24) is 14.8 Å². The Morgan fingerprint density at radius 2 is 2.04 bits per heavy atom. The molecule has 2 fully saturated rings. The number of hydrogen-bond donors (Lipinski definition) is 1. The van der Waals surface area contributed by atoms with E-state index in [1.165, 1.54) is 6.42 Å². The van der Waals surface area contributed by atoms with Gasteiger partial charge in [-0.25, -0.2) is 4.98 Å². The summed E-state index contributed by atoms with van der Waals surface area (Å²) in [6.45, 7) is 2.10. The number of likely N-dealkylation sites (tertiary alicyclic amines) is 1. The number of carbonyl (C=O) groups excluding carboxylic acids is 1. The molecule has 2 heterocycles. The molecule has 0 radical (unpaired) electrons. The van der Waals surface area contributed by atoms with E-state index in [-0.39, 0.29) is 17.1 Å². The minimum absolute atomic E-state index is 0.0997. The molecule has 138 valence electrons. The summed E-state index contributed by atoms with van der Waals surface area (Å²) in [7, 11) is 2.07. The first-order chi connectivity index (χ1) is 12.0. The van der Waals surface area contributed by atoms with Crippen LogP contribution in [0.1, 0.15) is 55.3 Å². The Kier molecular flexibility index (Phi) is 5.97. The van der Waals surface area contributed by atoms with Crippen molar-refractivity contribution in [3.8, 4) is 0 Å². The van der Waals surface area contributed by atoms with Crippen LogP contribution in [0.5, 0.6) is 0 Å². The van der Waals surface area contributed by atoms with Gasteiger partial charge in [-0.3, -0.25) is 4.79 Å². The van der Waals surface area contributed by atoms with E-state index in [0.717, 1.165) is 38.8 Å². The Hall–Kier alpha value is -1.17. The van der Waals surface area contributed by atoms with Gasteiger partial charge >= 0.3 is 0 Å². The average molecular weight is 366 g/mol. The number of pyridine rings is 1. The molecule has 0 spiro atoms. The molecule has 1 saturated carbocycles. The van der Waals surface area contributed by atoms with E-state index in [4.69, 9.17) is 11.6 Å². The van der Waals surface area contributed by atoms with E-state index >= 15 is 0 Å². The van der Waals surface area contributed by atoms with Gasteiger partial charge in [0.1, 0.15) is 5.15 Å². The normalized spacial score (nSPS) is 21.9. The molecule has 5 nitrogen and oxygen atoms in total. The van der Waals surface area contributed by atoms with E-state index in [0.29, 0.717) is 24.9 Å². The van der Waals surface area contributed by atoms with Crippen LogP contribution in [-0.2, 0) is 0 Å². The topological polar surface area (TPSA) is 56.7 Å². The number of aliphatic hydroxyl groups is 1. The lowest BCUT2D eigenvalue weighted by Gasteiger charge is -2.43. The number of hydrogen-bond acceptors (Lipinski definition) is 4. The summed E-state index contributed by atoms with van der Waals surface area (Å²) in [4.78, 5) is 21.4. The zero-order valence-corrected chi connectivity index (χ0v) is 15.7. The number of rotatable bonds is 4. The van der Waals surface area contributed by atoms with Crippen LogP contribution in [0.25, 0.3) is 0 Å². The van der Waals surface area contributed by atoms with E-state index in [1.807, 2.05) is 4.90 Å². The highest BCUT2D eigenvalue weighted by Crippen LogP contribution is 2.30. The number of nitrogens with zero attached hydrogens (tertiary/aromatic N) is 3. The van der Waals surface area contributed by atoms with Crippen molar-refractivity contribution < 1.29 is 9.90 Å². The van der Waals surface area contributed by atoms with Crippen LogP contribution in [-0.4, -0.2) is 64.1 Å². The van der Waals surface area contributed by atoms with Gasteiger partial charge in [-0.1, -0.05) is 30.9 Å². The van der Waals surface area contributed by atoms with Crippen LogP contribution < -0.4 is 0 Å². The standard InChI is InChI=1S/C19H28ClN3O2/c1-22-12-9-19(25,10-13-22)14-23(15-6-3-2-4-7-15)18(24)16-8-5-11-21-17(16)20/h5,8,11,15,25H,2-4,6-7,9-10,12-14H2,1H3. The van der Waals surface area contributed by atoms with Gasteiger partial charge in [0.2, 0.25) is 0 Å². The van der Waals surface area contributed by atoms with Crippen LogP contribution in [0.3, 0.4) is 0 Å². The molecule has 0 bridgehead atoms. The highest BCUT2D eigenvalue weighted by atomic mass is 35.5. The van der Waals surface area contributed by atoms with Crippen molar-refractivity contribution in [2.45, 2.75) is 56.6 Å². The highest BCUT2D eigenvalue weighted by molar-refractivity contribution is 6.32. The molecule has 1 aliphatic carbocycles. The molecular formula is C19H28ClN3O2. The monoisotopic (exact) mass is 365 g/mol. The molecule has 2 aliphatic rings. The molecular weight excluding hydrogens is 338 g/mol. The third-order valence-corrected chi connectivity index (χ3v) is 5.95. The van der Waals surface area contributed by atoms with Crippen molar-refractivity contribution in [3.63, 3.8) is 0 Å². The van der Waals surface area contributed by atoms with Gasteiger partial charge in [0, 0.05) is 25.3 Å². The Morgan fingerprint density at radius 1 is 1.36 bits per heavy atom. The summed E-state index contributed by atoms with van der Waals surface area (Å²) in [6.07, 6.45) is 8.48. The fraction of sp³-hybridized carbons (Fsp3) is 0.684. The largest absolute Gasteiger partial charge is 0.388 e. The molecule has 1 saturated heterocycles. The molecule has 0 aromatic carbocycles. The Bertz CT molecular complexity index is 596. The Morgan fingerprint density at radius 3 is 2.68 bits per heavy atom. The van der Waals surface area contributed by atoms with E-state index < -0.39 is 5.60 Å². The molecule has 0 atom stereocenters. The van der Waals surface area contributed by atoms with Crippen molar-refractivity contribution >= 4 is 17.5 Å². The van der Waals surface area contributed by atoms with E-state index in [1.54, 1.807) is 18.3 Å². The summed E-state index contributed by atoms with van der Waals surface area (Å²) in [5, 5.41) is 11.3. The van der Waals surface area contributed by atoms with Gasteiger partial charge in [-0.15, -0.1) is 0 Å². The van der Waals surface area contributed by atoms with Gasteiger partial charge in [-0.2, -0.15) is 0 Å². The maximum absolute atomic E-state index is 13.2. The summed E-state index contributed by atoms with van der Waals surface area (Å²) in [6, 6.07) is 3.65. The summed E-state index contributed by atoms with van der Waals surface area (Å²) in [5.41, 5.74) is -0.375. The predicted octanol–water partition coefficient (Wildman–Crippen LogP) is 2.97. The fourth-order valence-corrected chi connectivity index (χ4v) is 4.17. The second-order valence-corrected chi connectivity index (χ2v) is 7.95. The summed E-state index contributed by atoms with van der Waals surface area (Å²) >= 11 is 6.17. The first-order valence-electron chi connectivity index (χ1n) is 9.31. The van der Waals surface area contributed by atoms with Gasteiger partial charge < -0.3 is 14.9 Å². The van der Waals surface area contributed by atoms with Crippen LogP contribution in [0.15, 0.2) is 18.3 Å². The van der Waals surface area contributed by atoms with Gasteiger partial charge in [0.15, 0.2) is 0 Å². The molecule has 6 heteroatoms. The number of aromatic nitrogens is 1. The molecule has 25 heavy (non-hydrogen) atoms. The lowest BCUT2D eigenvalue weighted by molar-refractivity contribution is -0.0457. The number of piperidine rings is 1. The van der Waals surface area contributed by atoms with E-state index in [2.05, 4.69) is 16.9 Å². The second-order valence-electron chi connectivity index (χ2n) is 7.59. The van der Waals surface area contributed by atoms with Crippen LogP contribution in [0, 0.1) is 0 Å². The summed E-state index contributed by atoms with van der Waals surface area (Å²) < 4.78 is 0. The quantitative estimate of drug-likeness (QED) is 0.833. The van der Waals surface area contributed by atoms with Crippen molar-refractivity contribution in [2.75, 3.05) is 26.7 Å². The second kappa shape index (κ2) is 8.02. The number of halogens is 1. The summed E-state index contributed by atoms with van der Waals surface area (Å²) in [5.74, 6) is -0.0997. The molecule has 1 aliphatic heterocycles. The first-order valence-corrected chi connectivity index (χ1v) is 9.69. The van der Waals surface area contributed by atoms with Gasteiger partial charge in [-0.05, 0) is 44.9 Å². The Balaban J connectivity index is 1.82. The zero-order chi connectivity index (χ0) is 17.9. The highest BCUT2D eigenvalue weighted by Gasteiger charge is 2.38. The Labute approximate surface area is 155 Å². The van der Waals surface area contributed by atoms with Crippen LogP contribution >= 0.6 is 11.6 Å². The molecule has 1 aromatic rings. The van der Waals surface area contributed by atoms with Crippen molar-refractivity contribution in [2.24, 2.45) is 0 Å². The lowest BCUT2D eigenvalue weighted by Crippen LogP contribution is -2.54. The van der Waals surface area contributed by atoms with E-state index in [9.17, 15) is 9.90 Å². The van der Waals surface area contributed by atoms with Crippen molar-refractivity contribution in [3.05, 3.63) is 29.0 Å². The third-order valence-electron chi connectivity index (χ3n) is 5.65. The lowest BCUT2D eigenvalue weighted by atomic mass is 9.88. The maximum atomic E-state index is 13.2. The van der Waals surface area contributed by atoms with Crippen LogP contribution in [0.2, 0.25) is 5.15 Å². The third kappa shape index (κ3) is 4.52. The van der Waals surface area contributed by atoms with Gasteiger partial charge in [0.05, 0.1) is 17.7 Å². The molecule has 3 rings (SSSR count). The maximum Gasteiger partial charge on any atom is 0.257 e. The number of carbonyl (C=O) groups is 1. The average Bonchev–Trinajstić information content (AvgIpc) is 2.63.